The number of hydrogen-bond acceptors (Lipinski definition) is 2. The van der Waals surface area contributed by atoms with Gasteiger partial charge in [0.1, 0.15) is 5.76 Å². The molecule has 1 heterocycles. The Labute approximate surface area is 91.4 Å². The average molecular weight is 216 g/mol. The number of hydrogen-bond donors (Lipinski definition) is 0. The normalized spacial score (nSPS) is 15.8. The molecule has 0 unspecified atom stereocenters. The number of halogens is 1. The largest absolute Gasteiger partial charge is 0.453 e. The zero-order valence-electron chi connectivity index (χ0n) is 8.50. The van der Waals surface area contributed by atoms with Crippen molar-refractivity contribution in [3.05, 3.63) is 41.9 Å². The summed E-state index contributed by atoms with van der Waals surface area (Å²) in [5.74, 6) is 0.343. The van der Waals surface area contributed by atoms with E-state index in [0.29, 0.717) is 18.6 Å². The quantitative estimate of drug-likeness (QED) is 0.732. The Hall–Kier alpha value is -1.90. The van der Waals surface area contributed by atoms with Crippen LogP contribution in [0.1, 0.15) is 18.6 Å². The van der Waals surface area contributed by atoms with Gasteiger partial charge < -0.3 is 4.42 Å². The second-order valence-electron chi connectivity index (χ2n) is 3.90. The molecule has 1 aliphatic rings. The molecule has 1 aromatic heterocycles. The van der Waals surface area contributed by atoms with Crippen LogP contribution in [0.25, 0.3) is 16.5 Å². The summed E-state index contributed by atoms with van der Waals surface area (Å²) < 4.78 is 18.8. The lowest BCUT2D eigenvalue weighted by atomic mass is 10.1. The smallest absolute Gasteiger partial charge is 0.170 e. The number of ketones is 1. The zero-order valence-corrected chi connectivity index (χ0v) is 8.50. The first kappa shape index (κ1) is 9.33. The maximum atomic E-state index is 13.4. The topological polar surface area (TPSA) is 30.2 Å². The van der Waals surface area contributed by atoms with Crippen molar-refractivity contribution in [1.29, 1.82) is 0 Å². The minimum Gasteiger partial charge on any atom is -0.453 e. The Kier molecular flexibility index (Phi) is 1.93. The van der Waals surface area contributed by atoms with Gasteiger partial charge in [0.05, 0.1) is 0 Å². The van der Waals surface area contributed by atoms with Crippen LogP contribution in [-0.2, 0) is 4.79 Å². The van der Waals surface area contributed by atoms with E-state index in [4.69, 9.17) is 4.42 Å². The van der Waals surface area contributed by atoms with E-state index in [9.17, 15) is 9.18 Å². The van der Waals surface area contributed by atoms with Gasteiger partial charge in [-0.3, -0.25) is 4.79 Å². The van der Waals surface area contributed by atoms with E-state index in [1.807, 2.05) is 0 Å². The van der Waals surface area contributed by atoms with Gasteiger partial charge in [-0.2, -0.15) is 0 Å². The maximum absolute atomic E-state index is 13.4. The minimum absolute atomic E-state index is 0.107. The number of allylic oxidation sites excluding steroid dienone is 2. The molecule has 0 saturated heterocycles. The molecule has 1 aromatic carbocycles. The van der Waals surface area contributed by atoms with Gasteiger partial charge in [0, 0.05) is 11.8 Å². The summed E-state index contributed by atoms with van der Waals surface area (Å²) in [5.41, 5.74) is 1.12. The fourth-order valence-corrected chi connectivity index (χ4v) is 1.98. The maximum Gasteiger partial charge on any atom is 0.170 e. The second kappa shape index (κ2) is 3.30. The average Bonchev–Trinajstić information content (AvgIpc) is 2.84. The van der Waals surface area contributed by atoms with Crippen molar-refractivity contribution in [2.24, 2.45) is 0 Å². The van der Waals surface area contributed by atoms with Gasteiger partial charge in [-0.1, -0.05) is 12.1 Å². The number of benzene rings is 1. The molecule has 0 saturated carbocycles. The number of para-hydroxylation sites is 1. The molecule has 0 fully saturated rings. The van der Waals surface area contributed by atoms with Crippen molar-refractivity contribution < 1.29 is 13.6 Å². The molecule has 0 radical (unpaired) electrons. The molecule has 2 aromatic rings. The van der Waals surface area contributed by atoms with Gasteiger partial charge in [-0.15, -0.1) is 0 Å². The fraction of sp³-hybridized carbons (Fsp3) is 0.154. The molecule has 0 N–H and O–H groups in total. The first-order chi connectivity index (χ1) is 7.74. The highest BCUT2D eigenvalue weighted by Crippen LogP contribution is 2.31. The van der Waals surface area contributed by atoms with Crippen LogP contribution in [0, 0.1) is 5.82 Å². The molecule has 3 heteroatoms. The lowest BCUT2D eigenvalue weighted by molar-refractivity contribution is -0.114. The minimum atomic E-state index is -0.367. The third-order valence-corrected chi connectivity index (χ3v) is 2.79. The standard InChI is InChI=1S/C13H9FO2/c14-11-3-1-2-9-7-12(16-13(9)11)8-4-5-10(15)6-8/h1-3,6-7H,4-5H2. The molecule has 0 atom stereocenters. The molecule has 3 rings (SSSR count). The van der Waals surface area contributed by atoms with Gasteiger partial charge in [0.15, 0.2) is 17.2 Å². The second-order valence-corrected chi connectivity index (χ2v) is 3.90. The highest BCUT2D eigenvalue weighted by atomic mass is 19.1. The molecular weight excluding hydrogens is 207 g/mol. The lowest BCUT2D eigenvalue weighted by Crippen LogP contribution is -1.80. The van der Waals surface area contributed by atoms with Crippen LogP contribution in [0.3, 0.4) is 0 Å². The Balaban J connectivity index is 2.16. The molecule has 0 bridgehead atoms. The molecule has 16 heavy (non-hydrogen) atoms. The van der Waals surface area contributed by atoms with E-state index in [2.05, 4.69) is 0 Å². The number of furan rings is 1. The van der Waals surface area contributed by atoms with Crippen LogP contribution in [0.2, 0.25) is 0 Å². The van der Waals surface area contributed by atoms with E-state index in [0.717, 1.165) is 11.0 Å². The number of carbonyl (C=O) groups is 1. The zero-order chi connectivity index (χ0) is 11.1. The van der Waals surface area contributed by atoms with E-state index in [1.165, 1.54) is 6.07 Å². The van der Waals surface area contributed by atoms with Crippen LogP contribution in [0.5, 0.6) is 0 Å². The predicted octanol–water partition coefficient (Wildman–Crippen LogP) is 3.32. The first-order valence-electron chi connectivity index (χ1n) is 5.16. The van der Waals surface area contributed by atoms with Crippen molar-refractivity contribution in [3.8, 4) is 0 Å². The van der Waals surface area contributed by atoms with Crippen molar-refractivity contribution in [2.45, 2.75) is 12.8 Å². The molecular formula is C13H9FO2. The monoisotopic (exact) mass is 216 g/mol. The van der Waals surface area contributed by atoms with Crippen molar-refractivity contribution >= 4 is 22.3 Å². The fourth-order valence-electron chi connectivity index (χ4n) is 1.98. The summed E-state index contributed by atoms with van der Waals surface area (Å²) in [6.07, 6.45) is 2.78. The van der Waals surface area contributed by atoms with Crippen LogP contribution < -0.4 is 0 Å². The Morgan fingerprint density at radius 1 is 1.25 bits per heavy atom. The summed E-state index contributed by atoms with van der Waals surface area (Å²) in [4.78, 5) is 11.1. The highest BCUT2D eigenvalue weighted by Gasteiger charge is 2.17. The van der Waals surface area contributed by atoms with E-state index in [1.54, 1.807) is 24.3 Å². The number of carbonyl (C=O) groups excluding carboxylic acids is 1. The third-order valence-electron chi connectivity index (χ3n) is 2.79. The van der Waals surface area contributed by atoms with Gasteiger partial charge in [-0.05, 0) is 30.2 Å². The third kappa shape index (κ3) is 1.36. The van der Waals surface area contributed by atoms with E-state index < -0.39 is 0 Å². The highest BCUT2D eigenvalue weighted by molar-refractivity contribution is 6.01. The number of fused-ring (bicyclic) bond motifs is 1. The van der Waals surface area contributed by atoms with Gasteiger partial charge in [0.2, 0.25) is 0 Å². The molecule has 0 aliphatic heterocycles. The summed E-state index contributed by atoms with van der Waals surface area (Å²) in [6, 6.07) is 6.58. The summed E-state index contributed by atoms with van der Waals surface area (Å²) in [7, 11) is 0. The predicted molar refractivity (Wildman–Crippen MR) is 58.4 cm³/mol. The van der Waals surface area contributed by atoms with Crippen LogP contribution >= 0.6 is 0 Å². The van der Waals surface area contributed by atoms with Gasteiger partial charge in [-0.25, -0.2) is 4.39 Å². The molecule has 2 nitrogen and oxygen atoms in total. The molecule has 1 aliphatic carbocycles. The Morgan fingerprint density at radius 3 is 2.81 bits per heavy atom. The first-order valence-corrected chi connectivity index (χ1v) is 5.16. The number of rotatable bonds is 1. The Bertz CT molecular complexity index is 607. The SMILES string of the molecule is O=C1C=C(c2cc3cccc(F)c3o2)CC1. The van der Waals surface area contributed by atoms with E-state index in [-0.39, 0.29) is 17.2 Å². The van der Waals surface area contributed by atoms with E-state index >= 15 is 0 Å². The van der Waals surface area contributed by atoms with Gasteiger partial charge in [0.25, 0.3) is 0 Å². The van der Waals surface area contributed by atoms with Crippen LogP contribution in [0.15, 0.2) is 34.8 Å². The van der Waals surface area contributed by atoms with Crippen molar-refractivity contribution in [3.63, 3.8) is 0 Å². The molecule has 0 amide bonds. The summed E-state index contributed by atoms with van der Waals surface area (Å²) >= 11 is 0. The Morgan fingerprint density at radius 2 is 2.12 bits per heavy atom. The van der Waals surface area contributed by atoms with Crippen LogP contribution in [-0.4, -0.2) is 5.78 Å². The van der Waals surface area contributed by atoms with Crippen LogP contribution in [0.4, 0.5) is 4.39 Å². The molecule has 0 spiro atoms. The van der Waals surface area contributed by atoms with Crippen molar-refractivity contribution in [1.82, 2.24) is 0 Å². The molecule has 80 valence electrons. The summed E-state index contributed by atoms with van der Waals surface area (Å²) in [6.45, 7) is 0. The lowest BCUT2D eigenvalue weighted by Gasteiger charge is -1.93. The van der Waals surface area contributed by atoms with Crippen molar-refractivity contribution in [2.75, 3.05) is 0 Å². The van der Waals surface area contributed by atoms with Gasteiger partial charge >= 0.3 is 0 Å². The summed E-state index contributed by atoms with van der Waals surface area (Å²) in [5, 5.41) is 0.732.